The van der Waals surface area contributed by atoms with Gasteiger partial charge in [-0.15, -0.1) is 0 Å². The Morgan fingerprint density at radius 1 is 1.54 bits per heavy atom. The molecule has 6 heteroatoms. The summed E-state index contributed by atoms with van der Waals surface area (Å²) in [5.74, 6) is 0. The van der Waals surface area contributed by atoms with Gasteiger partial charge in [-0.3, -0.25) is 0 Å². The summed E-state index contributed by atoms with van der Waals surface area (Å²) in [4.78, 5) is 3.88. The van der Waals surface area contributed by atoms with Crippen LogP contribution >= 0.6 is 31.9 Å². The molecule has 0 unspecified atom stereocenters. The number of alkyl halides is 3. The fourth-order valence-electron chi connectivity index (χ4n) is 0.948. The molecule has 2 N–H and O–H groups in total. The molecule has 0 aliphatic heterocycles. The van der Waals surface area contributed by atoms with E-state index in [9.17, 15) is 8.78 Å². The number of aromatic nitrogens is 1. The predicted octanol–water partition coefficient (Wildman–Crippen LogP) is 3.26. The molecule has 72 valence electrons. The number of anilines is 1. The van der Waals surface area contributed by atoms with E-state index >= 15 is 0 Å². The van der Waals surface area contributed by atoms with Crippen LogP contribution in [0, 0.1) is 0 Å². The largest absolute Gasteiger partial charge is 0.398 e. The lowest BCUT2D eigenvalue weighted by atomic mass is 10.2. The van der Waals surface area contributed by atoms with Crippen LogP contribution in [0.25, 0.3) is 0 Å². The number of nitrogens with two attached hydrogens (primary N) is 1. The molecule has 0 radical (unpaired) electrons. The molecule has 1 aromatic heterocycles. The average molecular weight is 316 g/mol. The molecule has 0 aromatic carbocycles. The van der Waals surface area contributed by atoms with Crippen molar-refractivity contribution in [2.24, 2.45) is 0 Å². The molecule has 0 aliphatic carbocycles. The Hall–Kier alpha value is -0.230. The Morgan fingerprint density at radius 3 is 2.62 bits per heavy atom. The number of hydrogen-bond donors (Lipinski definition) is 1. The Labute approximate surface area is 90.8 Å². The Morgan fingerprint density at radius 2 is 2.15 bits per heavy atom. The minimum atomic E-state index is -2.59. The van der Waals surface area contributed by atoms with Crippen molar-refractivity contribution in [2.45, 2.75) is 11.8 Å². The van der Waals surface area contributed by atoms with Gasteiger partial charge in [-0.25, -0.2) is 13.8 Å². The van der Waals surface area contributed by atoms with E-state index in [4.69, 9.17) is 5.73 Å². The van der Waals surface area contributed by atoms with Gasteiger partial charge in [0.2, 0.25) is 0 Å². The zero-order valence-electron chi connectivity index (χ0n) is 6.40. The molecule has 1 rings (SSSR count). The zero-order chi connectivity index (χ0) is 10.0. The van der Waals surface area contributed by atoms with Crippen molar-refractivity contribution in [2.75, 3.05) is 5.73 Å². The monoisotopic (exact) mass is 314 g/mol. The molecule has 1 heterocycles. The van der Waals surface area contributed by atoms with Crippen LogP contribution in [-0.4, -0.2) is 4.98 Å². The minimum Gasteiger partial charge on any atom is -0.398 e. The van der Waals surface area contributed by atoms with Crippen LogP contribution in [0.1, 0.15) is 17.7 Å². The molecule has 1 aromatic rings. The van der Waals surface area contributed by atoms with Gasteiger partial charge in [-0.05, 0) is 22.0 Å². The van der Waals surface area contributed by atoms with Crippen LogP contribution in [0.3, 0.4) is 0 Å². The Bertz CT molecular complexity index is 318. The van der Waals surface area contributed by atoms with Crippen molar-refractivity contribution in [3.05, 3.63) is 21.9 Å². The van der Waals surface area contributed by atoms with Crippen LogP contribution in [0.4, 0.5) is 14.5 Å². The van der Waals surface area contributed by atoms with E-state index < -0.39 is 6.43 Å². The predicted molar refractivity (Wildman–Crippen MR) is 53.9 cm³/mol. The third-order valence-corrected chi connectivity index (χ3v) is 2.42. The quantitative estimate of drug-likeness (QED) is 0.672. The number of rotatable bonds is 2. The summed E-state index contributed by atoms with van der Waals surface area (Å²) < 4.78 is 25.4. The summed E-state index contributed by atoms with van der Waals surface area (Å²) in [5.41, 5.74) is 5.56. The van der Waals surface area contributed by atoms with Gasteiger partial charge in [0.1, 0.15) is 4.60 Å². The van der Waals surface area contributed by atoms with E-state index in [1.165, 1.54) is 6.07 Å². The highest BCUT2D eigenvalue weighted by Crippen LogP contribution is 2.30. The van der Waals surface area contributed by atoms with Crippen LogP contribution in [0.15, 0.2) is 10.7 Å². The van der Waals surface area contributed by atoms with E-state index in [1.807, 2.05) is 0 Å². The van der Waals surface area contributed by atoms with Gasteiger partial charge in [0.05, 0.1) is 11.3 Å². The summed E-state index contributed by atoms with van der Waals surface area (Å²) >= 11 is 6.15. The second-order valence-corrected chi connectivity index (χ2v) is 3.70. The maximum Gasteiger partial charge on any atom is 0.267 e. The average Bonchev–Trinajstić information content (AvgIpc) is 2.01. The third-order valence-electron chi connectivity index (χ3n) is 1.48. The highest BCUT2D eigenvalue weighted by molar-refractivity contribution is 9.10. The van der Waals surface area contributed by atoms with Crippen LogP contribution in [0.5, 0.6) is 0 Å². The first-order chi connectivity index (χ1) is 6.06. The summed E-state index contributed by atoms with van der Waals surface area (Å²) in [7, 11) is 0. The number of hydrogen-bond acceptors (Lipinski definition) is 2. The van der Waals surface area contributed by atoms with Gasteiger partial charge in [0.25, 0.3) is 6.43 Å². The number of halogens is 4. The molecule has 0 aliphatic rings. The second kappa shape index (κ2) is 4.32. The van der Waals surface area contributed by atoms with E-state index in [0.717, 1.165) is 0 Å². The third kappa shape index (κ3) is 2.37. The summed E-state index contributed by atoms with van der Waals surface area (Å²) in [6.07, 6.45) is -2.59. The molecule has 0 bridgehead atoms. The summed E-state index contributed by atoms with van der Waals surface area (Å²) in [6.45, 7) is 0. The molecule has 0 fully saturated rings. The molecule has 0 saturated heterocycles. The first-order valence-electron chi connectivity index (χ1n) is 3.35. The molecule has 13 heavy (non-hydrogen) atoms. The first kappa shape index (κ1) is 10.8. The van der Waals surface area contributed by atoms with Crippen molar-refractivity contribution in [3.63, 3.8) is 0 Å². The van der Waals surface area contributed by atoms with Crippen molar-refractivity contribution < 1.29 is 8.78 Å². The van der Waals surface area contributed by atoms with E-state index in [0.29, 0.717) is 4.60 Å². The topological polar surface area (TPSA) is 38.9 Å². The van der Waals surface area contributed by atoms with Gasteiger partial charge in [0, 0.05) is 11.0 Å². The highest BCUT2D eigenvalue weighted by Gasteiger charge is 2.17. The van der Waals surface area contributed by atoms with Crippen molar-refractivity contribution in [1.29, 1.82) is 0 Å². The minimum absolute atomic E-state index is 0.0614. The first-order valence-corrected chi connectivity index (χ1v) is 5.26. The number of nitrogen functional groups attached to an aromatic ring is 1. The standard InChI is InChI=1S/C7H6Br2F2N2/c8-2-4-6(7(10)11)3(12)1-5(9)13-4/h1,7H,2H2,(H2,12,13). The highest BCUT2D eigenvalue weighted by atomic mass is 79.9. The van der Waals surface area contributed by atoms with Crippen LogP contribution in [0.2, 0.25) is 0 Å². The maximum atomic E-state index is 12.5. The fourth-order valence-corrected chi connectivity index (χ4v) is 1.84. The molecule has 0 spiro atoms. The molecule has 0 saturated carbocycles. The molecular formula is C7H6Br2F2N2. The molecule has 0 atom stereocenters. The van der Waals surface area contributed by atoms with Gasteiger partial charge in [-0.1, -0.05) is 15.9 Å². The van der Waals surface area contributed by atoms with Gasteiger partial charge < -0.3 is 5.73 Å². The van der Waals surface area contributed by atoms with Crippen LogP contribution < -0.4 is 5.73 Å². The lowest BCUT2D eigenvalue weighted by molar-refractivity contribution is 0.151. The maximum absolute atomic E-state index is 12.5. The fraction of sp³-hybridized carbons (Fsp3) is 0.286. The van der Waals surface area contributed by atoms with Crippen molar-refractivity contribution >= 4 is 37.5 Å². The molecule has 0 amide bonds. The van der Waals surface area contributed by atoms with Gasteiger partial charge in [-0.2, -0.15) is 0 Å². The van der Waals surface area contributed by atoms with Crippen molar-refractivity contribution in [3.8, 4) is 0 Å². The molecular weight excluding hydrogens is 310 g/mol. The number of nitrogens with zero attached hydrogens (tertiary/aromatic N) is 1. The number of pyridine rings is 1. The van der Waals surface area contributed by atoms with Gasteiger partial charge >= 0.3 is 0 Å². The lowest BCUT2D eigenvalue weighted by Crippen LogP contribution is -2.02. The SMILES string of the molecule is Nc1cc(Br)nc(CBr)c1C(F)F. The van der Waals surface area contributed by atoms with E-state index in [1.54, 1.807) is 0 Å². The Balaban J connectivity index is 3.30. The van der Waals surface area contributed by atoms with E-state index in [-0.39, 0.29) is 22.3 Å². The summed E-state index contributed by atoms with van der Waals surface area (Å²) in [5, 5.41) is 0.260. The summed E-state index contributed by atoms with van der Waals surface area (Å²) in [6, 6.07) is 1.37. The van der Waals surface area contributed by atoms with E-state index in [2.05, 4.69) is 36.8 Å². The van der Waals surface area contributed by atoms with Crippen molar-refractivity contribution in [1.82, 2.24) is 4.98 Å². The second-order valence-electron chi connectivity index (χ2n) is 2.33. The lowest BCUT2D eigenvalue weighted by Gasteiger charge is -2.09. The Kier molecular flexibility index (Phi) is 3.61. The smallest absolute Gasteiger partial charge is 0.267 e. The van der Waals surface area contributed by atoms with Gasteiger partial charge in [0.15, 0.2) is 0 Å². The zero-order valence-corrected chi connectivity index (χ0v) is 9.57. The molecule has 2 nitrogen and oxygen atoms in total. The van der Waals surface area contributed by atoms with Crippen LogP contribution in [-0.2, 0) is 5.33 Å². The normalized spacial score (nSPS) is 10.8.